The van der Waals surface area contributed by atoms with E-state index >= 15 is 0 Å². The van der Waals surface area contributed by atoms with Gasteiger partial charge in [0.05, 0.1) is 11.6 Å². The number of aromatic nitrogens is 1. The van der Waals surface area contributed by atoms with E-state index < -0.39 is 17.2 Å². The van der Waals surface area contributed by atoms with Crippen LogP contribution in [0.5, 0.6) is 0 Å². The molecule has 2 amide bonds. The molecule has 31 heavy (non-hydrogen) atoms. The van der Waals surface area contributed by atoms with Crippen LogP contribution in [0.1, 0.15) is 35.6 Å². The Morgan fingerprint density at radius 3 is 2.26 bits per heavy atom. The fourth-order valence-electron chi connectivity index (χ4n) is 4.48. The highest BCUT2D eigenvalue weighted by Gasteiger charge is 2.48. The highest BCUT2D eigenvalue weighted by Crippen LogP contribution is 2.46. The summed E-state index contributed by atoms with van der Waals surface area (Å²) < 4.78 is 10.5. The maximum absolute atomic E-state index is 12.6. The Hall–Kier alpha value is -3.61. The highest BCUT2D eigenvalue weighted by atomic mass is 16.6. The van der Waals surface area contributed by atoms with Gasteiger partial charge in [-0.15, -0.1) is 0 Å². The zero-order valence-corrected chi connectivity index (χ0v) is 17.1. The zero-order chi connectivity index (χ0) is 21.7. The van der Waals surface area contributed by atoms with Gasteiger partial charge in [-0.2, -0.15) is 0 Å². The molecule has 2 N–H and O–H groups in total. The average molecular weight is 419 g/mol. The second-order valence-corrected chi connectivity index (χ2v) is 7.81. The number of piperidine rings is 1. The molecule has 7 nitrogen and oxygen atoms in total. The molecule has 2 aromatic carbocycles. The molecule has 160 valence electrons. The van der Waals surface area contributed by atoms with E-state index in [-0.39, 0.29) is 12.7 Å². The number of hydrogen-bond donors (Lipinski definition) is 1. The largest absolute Gasteiger partial charge is 0.445 e. The lowest BCUT2D eigenvalue weighted by Gasteiger charge is -2.45. The molecule has 7 heteroatoms. The van der Waals surface area contributed by atoms with Gasteiger partial charge in [0.1, 0.15) is 12.9 Å². The van der Waals surface area contributed by atoms with Gasteiger partial charge in [0.15, 0.2) is 0 Å². The van der Waals surface area contributed by atoms with E-state index in [4.69, 9.17) is 15.0 Å². The molecule has 1 atom stereocenters. The van der Waals surface area contributed by atoms with E-state index in [9.17, 15) is 9.59 Å². The smallest absolute Gasteiger partial charge is 0.410 e. The van der Waals surface area contributed by atoms with Crippen LogP contribution in [0, 0.1) is 0 Å². The number of carbonyl (C=O) groups excluding carboxylic acids is 2. The predicted molar refractivity (Wildman–Crippen MR) is 114 cm³/mol. The first kappa shape index (κ1) is 20.7. The molecule has 1 aliphatic rings. The molecule has 1 aliphatic heterocycles. The molecule has 1 unspecified atom stereocenters. The summed E-state index contributed by atoms with van der Waals surface area (Å²) in [5.41, 5.74) is 7.73. The van der Waals surface area contributed by atoms with Crippen LogP contribution in [0.3, 0.4) is 0 Å². The maximum atomic E-state index is 12.6. The lowest BCUT2D eigenvalue weighted by Crippen LogP contribution is -2.50. The van der Waals surface area contributed by atoms with E-state index in [1.54, 1.807) is 11.0 Å². The molecule has 3 aromatic rings. The van der Waals surface area contributed by atoms with Crippen molar-refractivity contribution in [3.8, 4) is 0 Å². The molecular weight excluding hydrogens is 394 g/mol. The molecule has 0 spiro atoms. The topological polar surface area (TPSA) is 98.7 Å². The summed E-state index contributed by atoms with van der Waals surface area (Å²) >= 11 is 0. The van der Waals surface area contributed by atoms with Crippen LogP contribution in [0.15, 0.2) is 77.5 Å². The Morgan fingerprint density at radius 2 is 1.68 bits per heavy atom. The number of rotatable bonds is 6. The van der Waals surface area contributed by atoms with E-state index in [2.05, 4.69) is 5.16 Å². The van der Waals surface area contributed by atoms with E-state index in [1.165, 1.54) is 6.26 Å². The van der Waals surface area contributed by atoms with Crippen molar-refractivity contribution in [3.05, 3.63) is 89.8 Å². The average Bonchev–Trinajstić information content (AvgIpc) is 3.33. The number of nitrogens with two attached hydrogens (primary N) is 1. The summed E-state index contributed by atoms with van der Waals surface area (Å²) in [6.45, 7) is 1.12. The van der Waals surface area contributed by atoms with Crippen molar-refractivity contribution in [1.29, 1.82) is 0 Å². The Balaban J connectivity index is 1.54. The Kier molecular flexibility index (Phi) is 6.02. The minimum atomic E-state index is -0.656. The Labute approximate surface area is 180 Å². The normalized spacial score (nSPS) is 16.5. The molecule has 1 aromatic heterocycles. The monoisotopic (exact) mass is 419 g/mol. The van der Waals surface area contributed by atoms with Crippen molar-refractivity contribution in [2.45, 2.75) is 30.8 Å². The summed E-state index contributed by atoms with van der Waals surface area (Å²) in [4.78, 5) is 26.9. The molecular formula is C24H25N3O4. The predicted octanol–water partition coefficient (Wildman–Crippen LogP) is 3.61. The SMILES string of the molecule is NC(=O)C(c1ccon1)C1(c2ccccc2)CCN(C(=O)OCc2ccccc2)CC1. The van der Waals surface area contributed by atoms with Crippen LogP contribution in [0.25, 0.3) is 0 Å². The first-order chi connectivity index (χ1) is 15.1. The van der Waals surface area contributed by atoms with Crippen LogP contribution in [0.4, 0.5) is 4.79 Å². The number of hydrogen-bond acceptors (Lipinski definition) is 5. The second kappa shape index (κ2) is 9.04. The summed E-state index contributed by atoms with van der Waals surface area (Å²) in [6, 6.07) is 21.1. The molecule has 0 bridgehead atoms. The summed E-state index contributed by atoms with van der Waals surface area (Å²) in [7, 11) is 0. The van der Waals surface area contributed by atoms with Gasteiger partial charge in [-0.3, -0.25) is 4.79 Å². The van der Waals surface area contributed by atoms with E-state index in [0.29, 0.717) is 31.6 Å². The highest BCUT2D eigenvalue weighted by molar-refractivity contribution is 5.83. The van der Waals surface area contributed by atoms with Crippen LogP contribution in [0.2, 0.25) is 0 Å². The molecule has 0 saturated carbocycles. The van der Waals surface area contributed by atoms with Crippen molar-refractivity contribution >= 4 is 12.0 Å². The van der Waals surface area contributed by atoms with Gasteiger partial charge in [-0.25, -0.2) is 4.79 Å². The molecule has 1 saturated heterocycles. The maximum Gasteiger partial charge on any atom is 0.410 e. The number of ether oxygens (including phenoxy) is 1. The van der Waals surface area contributed by atoms with Gasteiger partial charge in [0, 0.05) is 24.6 Å². The van der Waals surface area contributed by atoms with Crippen LogP contribution >= 0.6 is 0 Å². The van der Waals surface area contributed by atoms with Crippen LogP contribution < -0.4 is 5.73 Å². The molecule has 4 rings (SSSR count). The number of amides is 2. The van der Waals surface area contributed by atoms with Crippen molar-refractivity contribution in [3.63, 3.8) is 0 Å². The minimum absolute atomic E-state index is 0.225. The van der Waals surface area contributed by atoms with Gasteiger partial charge >= 0.3 is 6.09 Å². The Morgan fingerprint density at radius 1 is 1.03 bits per heavy atom. The number of likely N-dealkylation sites (tertiary alicyclic amines) is 1. The number of nitrogens with zero attached hydrogens (tertiary/aromatic N) is 2. The third-order valence-electron chi connectivity index (χ3n) is 6.06. The molecule has 1 fully saturated rings. The van der Waals surface area contributed by atoms with Crippen molar-refractivity contribution in [2.24, 2.45) is 5.73 Å². The fraction of sp³-hybridized carbons (Fsp3) is 0.292. The second-order valence-electron chi connectivity index (χ2n) is 7.81. The molecule has 0 aliphatic carbocycles. The van der Waals surface area contributed by atoms with Crippen LogP contribution in [-0.4, -0.2) is 35.1 Å². The standard InChI is InChI=1S/C24H25N3O4/c25-22(28)21(20-11-16-31-26-20)24(19-9-5-2-6-10-19)12-14-27(15-13-24)23(29)30-17-18-7-3-1-4-8-18/h1-11,16,21H,12-15,17H2,(H2,25,28). The third kappa shape index (κ3) is 4.30. The van der Waals surface area contributed by atoms with Crippen LogP contribution in [-0.2, 0) is 21.6 Å². The van der Waals surface area contributed by atoms with Gasteiger partial charge in [0.2, 0.25) is 5.91 Å². The lowest BCUT2D eigenvalue weighted by molar-refractivity contribution is -0.121. The Bertz CT molecular complexity index is 998. The van der Waals surface area contributed by atoms with Crippen molar-refractivity contribution in [1.82, 2.24) is 10.1 Å². The first-order valence-corrected chi connectivity index (χ1v) is 10.3. The third-order valence-corrected chi connectivity index (χ3v) is 6.06. The summed E-state index contributed by atoms with van der Waals surface area (Å²) in [5, 5.41) is 4.02. The summed E-state index contributed by atoms with van der Waals surface area (Å²) in [6.07, 6.45) is 2.19. The van der Waals surface area contributed by atoms with Gasteiger partial charge in [-0.1, -0.05) is 65.8 Å². The van der Waals surface area contributed by atoms with Gasteiger partial charge in [-0.05, 0) is 24.0 Å². The fourth-order valence-corrected chi connectivity index (χ4v) is 4.48. The summed E-state index contributed by atoms with van der Waals surface area (Å²) in [5.74, 6) is -1.12. The molecule has 2 heterocycles. The quantitative estimate of drug-likeness (QED) is 0.658. The van der Waals surface area contributed by atoms with Gasteiger partial charge in [0.25, 0.3) is 0 Å². The lowest BCUT2D eigenvalue weighted by atomic mass is 9.63. The number of carbonyl (C=O) groups is 2. The number of primary amides is 1. The number of benzene rings is 2. The van der Waals surface area contributed by atoms with Crippen molar-refractivity contribution in [2.75, 3.05) is 13.1 Å². The molecule has 0 radical (unpaired) electrons. The van der Waals surface area contributed by atoms with E-state index in [1.807, 2.05) is 60.7 Å². The zero-order valence-electron chi connectivity index (χ0n) is 17.1. The first-order valence-electron chi connectivity index (χ1n) is 10.3. The van der Waals surface area contributed by atoms with Crippen molar-refractivity contribution < 1.29 is 18.8 Å². The van der Waals surface area contributed by atoms with Gasteiger partial charge < -0.3 is 19.9 Å². The minimum Gasteiger partial charge on any atom is -0.445 e. The van der Waals surface area contributed by atoms with E-state index in [0.717, 1.165) is 11.1 Å².